The van der Waals surface area contributed by atoms with Crippen LogP contribution >= 0.6 is 0 Å². The molecule has 0 spiro atoms. The van der Waals surface area contributed by atoms with Crippen LogP contribution in [-0.2, 0) is 6.54 Å². The molecule has 0 aliphatic heterocycles. The third-order valence-corrected chi connectivity index (χ3v) is 3.71. The summed E-state index contributed by atoms with van der Waals surface area (Å²) in [6.45, 7) is 5.98. The molecule has 1 N–H and O–H groups in total. The molecular weight excluding hydrogens is 300 g/mol. The number of amides is 1. The molecule has 5 heteroatoms. The van der Waals surface area contributed by atoms with Crippen LogP contribution in [0, 0.1) is 6.92 Å². The molecule has 0 atom stereocenters. The zero-order valence-corrected chi connectivity index (χ0v) is 13.4. The minimum Gasteiger partial charge on any atom is -0.322 e. The van der Waals surface area contributed by atoms with Crippen LogP contribution < -0.4 is 5.32 Å². The number of nitrogens with one attached hydrogen (secondary N) is 1. The molecule has 0 aliphatic rings. The van der Waals surface area contributed by atoms with Crippen LogP contribution in [0.25, 0.3) is 5.69 Å². The standard InChI is InChI=1S/C19H18N4O/c1-14-8-9-15(11-20-2)10-18(14)22-19(24)16-12-21-23(13-16)17-6-4-3-5-7-17/h3-10,12-13H,2,11H2,1H3,(H,22,24). The Morgan fingerprint density at radius 1 is 1.25 bits per heavy atom. The van der Waals surface area contributed by atoms with E-state index >= 15 is 0 Å². The highest BCUT2D eigenvalue weighted by atomic mass is 16.1. The van der Waals surface area contributed by atoms with Gasteiger partial charge in [-0.25, -0.2) is 4.68 Å². The lowest BCUT2D eigenvalue weighted by Crippen LogP contribution is -2.12. The molecule has 120 valence electrons. The van der Waals surface area contributed by atoms with E-state index in [0.717, 1.165) is 22.5 Å². The largest absolute Gasteiger partial charge is 0.322 e. The molecule has 3 aromatic rings. The summed E-state index contributed by atoms with van der Waals surface area (Å²) in [7, 11) is 0. The SMILES string of the molecule is C=NCc1ccc(C)c(NC(=O)c2cnn(-c3ccccc3)c2)c1. The Kier molecular flexibility index (Phi) is 4.52. The maximum absolute atomic E-state index is 12.5. The van der Waals surface area contributed by atoms with E-state index in [1.165, 1.54) is 0 Å². The summed E-state index contributed by atoms with van der Waals surface area (Å²) < 4.78 is 1.68. The second kappa shape index (κ2) is 6.91. The summed E-state index contributed by atoms with van der Waals surface area (Å²) in [5.41, 5.74) is 4.18. The molecule has 2 aromatic carbocycles. The zero-order chi connectivity index (χ0) is 16.9. The quantitative estimate of drug-likeness (QED) is 0.730. The van der Waals surface area contributed by atoms with Crippen molar-refractivity contribution in [3.8, 4) is 5.69 Å². The van der Waals surface area contributed by atoms with E-state index in [0.29, 0.717) is 12.1 Å². The fourth-order valence-corrected chi connectivity index (χ4v) is 2.39. The predicted molar refractivity (Wildman–Crippen MR) is 95.9 cm³/mol. The molecular formula is C19H18N4O. The van der Waals surface area contributed by atoms with Gasteiger partial charge in [-0.3, -0.25) is 9.79 Å². The van der Waals surface area contributed by atoms with Gasteiger partial charge in [0.15, 0.2) is 0 Å². The first-order chi connectivity index (χ1) is 11.7. The smallest absolute Gasteiger partial charge is 0.258 e. The number of rotatable bonds is 5. The molecule has 3 rings (SSSR count). The number of anilines is 1. The van der Waals surface area contributed by atoms with Crippen molar-refractivity contribution < 1.29 is 4.79 Å². The zero-order valence-electron chi connectivity index (χ0n) is 13.4. The average molecular weight is 318 g/mol. The summed E-state index contributed by atoms with van der Waals surface area (Å²) in [5.74, 6) is -0.191. The minimum absolute atomic E-state index is 0.191. The summed E-state index contributed by atoms with van der Waals surface area (Å²) in [4.78, 5) is 16.4. The first-order valence-corrected chi connectivity index (χ1v) is 7.61. The van der Waals surface area contributed by atoms with Crippen molar-refractivity contribution >= 4 is 18.3 Å². The number of aromatic nitrogens is 2. The molecule has 1 amide bonds. The Morgan fingerprint density at radius 3 is 2.79 bits per heavy atom. The number of carbonyl (C=O) groups excluding carboxylic acids is 1. The van der Waals surface area contributed by atoms with Crippen molar-refractivity contribution in [1.29, 1.82) is 0 Å². The molecule has 1 heterocycles. The van der Waals surface area contributed by atoms with E-state index in [1.807, 2.05) is 55.5 Å². The fraction of sp³-hybridized carbons (Fsp3) is 0.105. The maximum atomic E-state index is 12.5. The first-order valence-electron chi connectivity index (χ1n) is 7.61. The normalized spacial score (nSPS) is 10.4. The summed E-state index contributed by atoms with van der Waals surface area (Å²) in [6, 6.07) is 15.5. The van der Waals surface area contributed by atoms with Gasteiger partial charge in [-0.05, 0) is 43.0 Å². The highest BCUT2D eigenvalue weighted by Gasteiger charge is 2.11. The Hall–Kier alpha value is -3.21. The molecule has 0 radical (unpaired) electrons. The van der Waals surface area contributed by atoms with Crippen molar-refractivity contribution in [1.82, 2.24) is 9.78 Å². The fourth-order valence-electron chi connectivity index (χ4n) is 2.39. The number of hydrogen-bond donors (Lipinski definition) is 1. The second-order valence-electron chi connectivity index (χ2n) is 5.49. The van der Waals surface area contributed by atoms with Crippen molar-refractivity contribution in [2.45, 2.75) is 13.5 Å². The topological polar surface area (TPSA) is 59.3 Å². The van der Waals surface area contributed by atoms with Crippen molar-refractivity contribution in [3.05, 3.63) is 77.6 Å². The third kappa shape index (κ3) is 3.41. The lowest BCUT2D eigenvalue weighted by Gasteiger charge is -2.09. The van der Waals surface area contributed by atoms with Gasteiger partial charge in [0.25, 0.3) is 5.91 Å². The number of aliphatic imine (C=N–C) groups is 1. The molecule has 0 saturated heterocycles. The maximum Gasteiger partial charge on any atom is 0.258 e. The number of carbonyl (C=O) groups is 1. The lowest BCUT2D eigenvalue weighted by molar-refractivity contribution is 0.102. The van der Waals surface area contributed by atoms with Gasteiger partial charge in [0.05, 0.1) is 24.0 Å². The number of nitrogens with zero attached hydrogens (tertiary/aromatic N) is 3. The second-order valence-corrected chi connectivity index (χ2v) is 5.49. The van der Waals surface area contributed by atoms with Crippen LogP contribution in [0.3, 0.4) is 0 Å². The van der Waals surface area contributed by atoms with Gasteiger partial charge in [0.2, 0.25) is 0 Å². The molecule has 0 aliphatic carbocycles. The van der Waals surface area contributed by atoms with Gasteiger partial charge in [0.1, 0.15) is 0 Å². The highest BCUT2D eigenvalue weighted by molar-refractivity contribution is 6.04. The highest BCUT2D eigenvalue weighted by Crippen LogP contribution is 2.19. The molecule has 1 aromatic heterocycles. The van der Waals surface area contributed by atoms with E-state index in [9.17, 15) is 4.79 Å². The van der Waals surface area contributed by atoms with Gasteiger partial charge in [-0.15, -0.1) is 0 Å². The third-order valence-electron chi connectivity index (χ3n) is 3.71. The Bertz CT molecular complexity index is 868. The molecule has 5 nitrogen and oxygen atoms in total. The van der Waals surface area contributed by atoms with Crippen LogP contribution in [-0.4, -0.2) is 22.4 Å². The predicted octanol–water partition coefficient (Wildman–Crippen LogP) is 3.63. The Morgan fingerprint density at radius 2 is 2.04 bits per heavy atom. The summed E-state index contributed by atoms with van der Waals surface area (Å²) >= 11 is 0. The Labute approximate surface area is 140 Å². The Balaban J connectivity index is 1.80. The molecule has 24 heavy (non-hydrogen) atoms. The van der Waals surface area contributed by atoms with Crippen LogP contribution in [0.15, 0.2) is 65.9 Å². The average Bonchev–Trinajstić information content (AvgIpc) is 3.09. The first kappa shape index (κ1) is 15.7. The molecule has 0 fully saturated rings. The molecule has 0 saturated carbocycles. The minimum atomic E-state index is -0.191. The van der Waals surface area contributed by atoms with E-state index in [4.69, 9.17) is 0 Å². The van der Waals surface area contributed by atoms with Crippen LogP contribution in [0.2, 0.25) is 0 Å². The van der Waals surface area contributed by atoms with Crippen LogP contribution in [0.5, 0.6) is 0 Å². The van der Waals surface area contributed by atoms with Crippen LogP contribution in [0.1, 0.15) is 21.5 Å². The van der Waals surface area contributed by atoms with Gasteiger partial charge in [-0.2, -0.15) is 5.10 Å². The van der Waals surface area contributed by atoms with Gasteiger partial charge < -0.3 is 5.32 Å². The van der Waals surface area contributed by atoms with E-state index < -0.39 is 0 Å². The summed E-state index contributed by atoms with van der Waals surface area (Å²) in [6.07, 6.45) is 3.28. The van der Waals surface area contributed by atoms with E-state index in [1.54, 1.807) is 17.1 Å². The van der Waals surface area contributed by atoms with Crippen LogP contribution in [0.4, 0.5) is 5.69 Å². The molecule has 0 unspecified atom stereocenters. The summed E-state index contributed by atoms with van der Waals surface area (Å²) in [5, 5.41) is 7.19. The monoisotopic (exact) mass is 318 g/mol. The van der Waals surface area contributed by atoms with E-state index in [-0.39, 0.29) is 5.91 Å². The number of hydrogen-bond acceptors (Lipinski definition) is 3. The van der Waals surface area contributed by atoms with Gasteiger partial charge in [-0.1, -0.05) is 30.3 Å². The lowest BCUT2D eigenvalue weighted by atomic mass is 10.1. The van der Waals surface area contributed by atoms with Crippen molar-refractivity contribution in [3.63, 3.8) is 0 Å². The molecule has 0 bridgehead atoms. The number of para-hydroxylation sites is 1. The van der Waals surface area contributed by atoms with E-state index in [2.05, 4.69) is 22.1 Å². The number of benzene rings is 2. The number of aryl methyl sites for hydroxylation is 1. The van der Waals surface area contributed by atoms with Crippen molar-refractivity contribution in [2.24, 2.45) is 4.99 Å². The van der Waals surface area contributed by atoms with Gasteiger partial charge >= 0.3 is 0 Å². The van der Waals surface area contributed by atoms with Gasteiger partial charge in [0, 0.05) is 11.9 Å². The van der Waals surface area contributed by atoms with Crippen molar-refractivity contribution in [2.75, 3.05) is 5.32 Å².